The van der Waals surface area contributed by atoms with Crippen LogP contribution in [0.4, 0.5) is 0 Å². The number of allylic oxidation sites excluding steroid dienone is 2. The molecule has 2 nitrogen and oxygen atoms in total. The molecule has 3 aliphatic rings. The van der Waals surface area contributed by atoms with Gasteiger partial charge in [-0.2, -0.15) is 0 Å². The van der Waals surface area contributed by atoms with Crippen molar-refractivity contribution < 1.29 is 9.47 Å². The first-order chi connectivity index (χ1) is 9.17. The van der Waals surface area contributed by atoms with Gasteiger partial charge in [0.1, 0.15) is 0 Å². The molecule has 0 heterocycles. The topological polar surface area (TPSA) is 18.5 Å². The van der Waals surface area contributed by atoms with Gasteiger partial charge in [0.25, 0.3) is 0 Å². The van der Waals surface area contributed by atoms with Crippen LogP contribution in [0.25, 0.3) is 0 Å². The first-order valence-electron chi connectivity index (χ1n) is 6.97. The minimum Gasteiger partial charge on any atom is -0.352 e. The number of hydrogen-bond acceptors (Lipinski definition) is 2. The van der Waals surface area contributed by atoms with Gasteiger partial charge in [-0.1, -0.05) is 44.0 Å². The van der Waals surface area contributed by atoms with Crippen molar-refractivity contribution in [2.75, 3.05) is 14.2 Å². The van der Waals surface area contributed by atoms with Crippen LogP contribution < -0.4 is 0 Å². The highest BCUT2D eigenvalue weighted by Gasteiger charge is 2.67. The van der Waals surface area contributed by atoms with E-state index in [1.807, 2.05) is 0 Å². The highest BCUT2D eigenvalue weighted by atomic mass is 79.9. The van der Waals surface area contributed by atoms with Crippen molar-refractivity contribution >= 4 is 31.9 Å². The summed E-state index contributed by atoms with van der Waals surface area (Å²) in [5.74, 6) is 1.45. The largest absolute Gasteiger partial charge is 0.352 e. The predicted molar refractivity (Wildman–Crippen MR) is 83.2 cm³/mol. The van der Waals surface area contributed by atoms with Gasteiger partial charge in [0.05, 0.1) is 0 Å². The zero-order valence-corrected chi connectivity index (χ0v) is 14.5. The maximum absolute atomic E-state index is 5.90. The molecule has 2 bridgehead atoms. The van der Waals surface area contributed by atoms with Crippen LogP contribution in [-0.2, 0) is 9.47 Å². The number of fused-ring (bicyclic) bond motifs is 5. The fraction of sp³-hybridized carbons (Fsp3) is 0.733. The molecule has 0 spiro atoms. The van der Waals surface area contributed by atoms with Crippen molar-refractivity contribution in [3.63, 3.8) is 0 Å². The van der Waals surface area contributed by atoms with Crippen LogP contribution >= 0.6 is 31.9 Å². The minimum atomic E-state index is -0.481. The molecular weight excluding hydrogens is 372 g/mol. The van der Waals surface area contributed by atoms with E-state index in [1.54, 1.807) is 14.2 Å². The molecule has 3 aliphatic carbocycles. The highest BCUT2D eigenvalue weighted by molar-refractivity contribution is 9.14. The van der Waals surface area contributed by atoms with E-state index in [-0.39, 0.29) is 0 Å². The van der Waals surface area contributed by atoms with E-state index in [1.165, 1.54) is 28.2 Å². The van der Waals surface area contributed by atoms with Crippen LogP contribution in [0.2, 0.25) is 0 Å². The van der Waals surface area contributed by atoms with E-state index in [2.05, 4.69) is 44.0 Å². The van der Waals surface area contributed by atoms with Crippen molar-refractivity contribution in [2.45, 2.75) is 31.5 Å². The lowest BCUT2D eigenvalue weighted by Crippen LogP contribution is -2.41. The van der Waals surface area contributed by atoms with Gasteiger partial charge in [-0.25, -0.2) is 0 Å². The van der Waals surface area contributed by atoms with E-state index in [4.69, 9.17) is 9.47 Å². The van der Waals surface area contributed by atoms with Crippen LogP contribution in [0.15, 0.2) is 21.1 Å². The Hall–Kier alpha value is 0.360. The van der Waals surface area contributed by atoms with Crippen molar-refractivity contribution in [1.29, 1.82) is 0 Å². The Labute approximate surface area is 131 Å². The second-order valence-electron chi connectivity index (χ2n) is 5.75. The van der Waals surface area contributed by atoms with Gasteiger partial charge in [0.15, 0.2) is 5.79 Å². The van der Waals surface area contributed by atoms with Gasteiger partial charge in [0, 0.05) is 35.0 Å². The molecular formula is C15H20Br2O2. The maximum atomic E-state index is 5.90. The third-order valence-corrected chi connectivity index (χ3v) is 7.54. The Balaban J connectivity index is 2.05. The van der Waals surface area contributed by atoms with Crippen LogP contribution in [0.5, 0.6) is 0 Å². The molecule has 0 aliphatic heterocycles. The van der Waals surface area contributed by atoms with Crippen LogP contribution in [-0.4, -0.2) is 20.0 Å². The zero-order valence-electron chi connectivity index (χ0n) is 11.4. The van der Waals surface area contributed by atoms with E-state index in [0.717, 1.165) is 6.42 Å². The molecule has 0 radical (unpaired) electrons. The Morgan fingerprint density at radius 2 is 1.68 bits per heavy atom. The van der Waals surface area contributed by atoms with Gasteiger partial charge in [-0.05, 0) is 37.5 Å². The van der Waals surface area contributed by atoms with Gasteiger partial charge in [-0.3, -0.25) is 0 Å². The van der Waals surface area contributed by atoms with E-state index in [0.29, 0.717) is 23.7 Å². The Kier molecular flexibility index (Phi) is 3.98. The quantitative estimate of drug-likeness (QED) is 0.505. The van der Waals surface area contributed by atoms with Crippen LogP contribution in [0.1, 0.15) is 25.7 Å². The molecule has 4 heteroatoms. The van der Waals surface area contributed by atoms with E-state index in [9.17, 15) is 0 Å². The summed E-state index contributed by atoms with van der Waals surface area (Å²) < 4.78 is 14.3. The van der Waals surface area contributed by atoms with E-state index >= 15 is 0 Å². The molecule has 0 aromatic heterocycles. The van der Waals surface area contributed by atoms with Crippen molar-refractivity contribution in [3.05, 3.63) is 21.1 Å². The summed E-state index contributed by atoms with van der Waals surface area (Å²) in [7, 11) is 3.56. The second-order valence-corrected chi connectivity index (χ2v) is 7.46. The predicted octanol–water partition coefficient (Wildman–Crippen LogP) is 4.60. The Morgan fingerprint density at radius 3 is 2.32 bits per heavy atom. The van der Waals surface area contributed by atoms with E-state index < -0.39 is 5.79 Å². The van der Waals surface area contributed by atoms with Crippen LogP contribution in [0, 0.1) is 23.7 Å². The fourth-order valence-electron chi connectivity index (χ4n) is 4.44. The molecule has 1 saturated carbocycles. The average molecular weight is 392 g/mol. The summed E-state index contributed by atoms with van der Waals surface area (Å²) in [4.78, 5) is 0. The molecule has 1 fully saturated rings. The summed E-state index contributed by atoms with van der Waals surface area (Å²) in [6.45, 7) is 0. The SMILES string of the molecule is COC1(OC)C2C(Br)=C(Br)C1C1CCCC=CCC12. The standard InChI is InChI=1S/C15H20Br2O2/c1-18-15(19-2)11-9-7-5-3-4-6-8-10(9)12(15)14(17)13(11)16/h3,5,9-12H,4,6-8H2,1-2H3. The molecule has 19 heavy (non-hydrogen) atoms. The summed E-state index contributed by atoms with van der Waals surface area (Å²) in [5.41, 5.74) is 0. The molecule has 106 valence electrons. The molecule has 3 rings (SSSR count). The number of hydrogen-bond donors (Lipinski definition) is 0. The summed E-state index contributed by atoms with van der Waals surface area (Å²) >= 11 is 7.55. The number of rotatable bonds is 2. The molecule has 0 N–H and O–H groups in total. The first kappa shape index (κ1) is 14.3. The van der Waals surface area contributed by atoms with Gasteiger partial charge >= 0.3 is 0 Å². The molecule has 0 saturated heterocycles. The third-order valence-electron chi connectivity index (χ3n) is 5.17. The van der Waals surface area contributed by atoms with Gasteiger partial charge in [0.2, 0.25) is 0 Å². The Bertz CT molecular complexity index is 426. The number of methoxy groups -OCH3 is 2. The van der Waals surface area contributed by atoms with Gasteiger partial charge < -0.3 is 9.47 Å². The smallest absolute Gasteiger partial charge is 0.182 e. The maximum Gasteiger partial charge on any atom is 0.182 e. The molecule has 0 aromatic rings. The summed E-state index contributed by atoms with van der Waals surface area (Å²) in [6.07, 6.45) is 9.55. The van der Waals surface area contributed by atoms with Crippen molar-refractivity contribution in [2.24, 2.45) is 23.7 Å². The lowest BCUT2D eigenvalue weighted by molar-refractivity contribution is -0.234. The van der Waals surface area contributed by atoms with Crippen molar-refractivity contribution in [3.8, 4) is 0 Å². The minimum absolute atomic E-state index is 0.314. The fourth-order valence-corrected chi connectivity index (χ4v) is 6.25. The second kappa shape index (κ2) is 5.28. The number of halogens is 2. The third kappa shape index (κ3) is 1.86. The monoisotopic (exact) mass is 390 g/mol. The van der Waals surface area contributed by atoms with Gasteiger partial charge in [-0.15, -0.1) is 0 Å². The highest BCUT2D eigenvalue weighted by Crippen LogP contribution is 2.67. The zero-order chi connectivity index (χ0) is 13.6. The Morgan fingerprint density at radius 1 is 1.05 bits per heavy atom. The molecule has 0 amide bonds. The van der Waals surface area contributed by atoms with Crippen LogP contribution in [0.3, 0.4) is 0 Å². The lowest BCUT2D eigenvalue weighted by atomic mass is 9.77. The van der Waals surface area contributed by atoms with Crippen molar-refractivity contribution in [1.82, 2.24) is 0 Å². The first-order valence-corrected chi connectivity index (χ1v) is 8.56. The average Bonchev–Trinajstić information content (AvgIpc) is 2.77. The summed E-state index contributed by atoms with van der Waals surface area (Å²) in [6, 6.07) is 0. The normalized spacial score (nSPS) is 40.2. The number of ether oxygens (including phenoxy) is 2. The molecule has 4 atom stereocenters. The lowest BCUT2D eigenvalue weighted by Gasteiger charge is -2.33. The molecule has 0 aromatic carbocycles. The molecule has 4 unspecified atom stereocenters. The summed E-state index contributed by atoms with van der Waals surface area (Å²) in [5, 5.41) is 0.